The average molecular weight is 487 g/mol. The third kappa shape index (κ3) is 6.94. The standard InChI is InChI=1S/C25H38N6O4/c1-15(2)14-31(18-7-9-19(35-5)10-8-18)21-11-6-17(16(3)12-22(32)33)13-20(21)27-25-28-23(29-30-25)24(34)26-4/h6,11,13,15-16,18-19H,7-10,12,14H2,1-5H3,(H,26,34)(H,32,33)(H2,27,28,29,30)/t16-,18-,19+/m1/s1. The number of aliphatic carboxylic acids is 1. The van der Waals surface area contributed by atoms with Crippen molar-refractivity contribution in [2.45, 2.75) is 70.9 Å². The Kier molecular flexibility index (Phi) is 9.08. The first kappa shape index (κ1) is 26.5. The Labute approximate surface area is 206 Å². The van der Waals surface area contributed by atoms with Crippen LogP contribution in [0.3, 0.4) is 0 Å². The molecular weight excluding hydrogens is 448 g/mol. The van der Waals surface area contributed by atoms with E-state index in [2.05, 4.69) is 50.6 Å². The minimum Gasteiger partial charge on any atom is -0.481 e. The third-order valence-corrected chi connectivity index (χ3v) is 6.53. The van der Waals surface area contributed by atoms with Crippen LogP contribution < -0.4 is 15.5 Å². The zero-order valence-electron chi connectivity index (χ0n) is 21.3. The number of carboxylic acids is 1. The van der Waals surface area contributed by atoms with E-state index >= 15 is 0 Å². The number of nitrogens with zero attached hydrogens (tertiary/aromatic N) is 3. The molecule has 1 aromatic carbocycles. The molecule has 0 unspecified atom stereocenters. The first-order chi connectivity index (χ1) is 16.7. The summed E-state index contributed by atoms with van der Waals surface area (Å²) in [5.74, 6) is -0.518. The Morgan fingerprint density at radius 1 is 1.23 bits per heavy atom. The van der Waals surface area contributed by atoms with Gasteiger partial charge in [0.25, 0.3) is 5.91 Å². The summed E-state index contributed by atoms with van der Waals surface area (Å²) in [4.78, 5) is 30.0. The molecule has 1 atom stereocenters. The van der Waals surface area contributed by atoms with E-state index in [0.717, 1.165) is 49.2 Å². The van der Waals surface area contributed by atoms with Crippen LogP contribution in [0.4, 0.5) is 17.3 Å². The number of benzene rings is 1. The van der Waals surface area contributed by atoms with Crippen molar-refractivity contribution in [3.63, 3.8) is 0 Å². The summed E-state index contributed by atoms with van der Waals surface area (Å²) in [6, 6.07) is 6.41. The Morgan fingerprint density at radius 2 is 1.94 bits per heavy atom. The van der Waals surface area contributed by atoms with Gasteiger partial charge in [-0.15, -0.1) is 5.10 Å². The molecule has 1 fully saturated rings. The average Bonchev–Trinajstić information content (AvgIpc) is 3.30. The van der Waals surface area contributed by atoms with Gasteiger partial charge in [0, 0.05) is 26.7 Å². The van der Waals surface area contributed by atoms with E-state index in [1.54, 1.807) is 7.11 Å². The number of aromatic nitrogens is 3. The van der Waals surface area contributed by atoms with Crippen molar-refractivity contribution in [2.75, 3.05) is 30.9 Å². The van der Waals surface area contributed by atoms with Crippen LogP contribution in [0, 0.1) is 5.92 Å². The van der Waals surface area contributed by atoms with Gasteiger partial charge in [-0.2, -0.15) is 4.98 Å². The number of carbonyl (C=O) groups is 2. The SMILES string of the molecule is CNC(=O)c1nc(Nc2cc([C@H](C)CC(=O)O)ccc2N(CC(C)C)[C@H]2CC[C@@H](OC)CC2)n[nH]1. The first-order valence-electron chi connectivity index (χ1n) is 12.3. The highest BCUT2D eigenvalue weighted by Gasteiger charge is 2.28. The lowest BCUT2D eigenvalue weighted by Crippen LogP contribution is -2.41. The maximum atomic E-state index is 11.9. The summed E-state index contributed by atoms with van der Waals surface area (Å²) < 4.78 is 5.58. The van der Waals surface area contributed by atoms with E-state index in [9.17, 15) is 14.7 Å². The molecule has 2 aromatic rings. The molecule has 10 nitrogen and oxygen atoms in total. The smallest absolute Gasteiger partial charge is 0.303 e. The minimum absolute atomic E-state index is 0.0387. The van der Waals surface area contributed by atoms with Gasteiger partial charge in [0.05, 0.1) is 23.9 Å². The number of H-pyrrole nitrogens is 1. The van der Waals surface area contributed by atoms with Crippen LogP contribution in [-0.2, 0) is 9.53 Å². The second-order valence-corrected chi connectivity index (χ2v) is 9.70. The van der Waals surface area contributed by atoms with Crippen molar-refractivity contribution in [1.29, 1.82) is 0 Å². The summed E-state index contributed by atoms with van der Waals surface area (Å²) in [6.45, 7) is 7.18. The van der Waals surface area contributed by atoms with Gasteiger partial charge in [-0.1, -0.05) is 26.8 Å². The topological polar surface area (TPSA) is 132 Å². The zero-order valence-corrected chi connectivity index (χ0v) is 21.3. The Balaban J connectivity index is 1.98. The Hall–Kier alpha value is -3.14. The van der Waals surface area contributed by atoms with Gasteiger partial charge in [-0.25, -0.2) is 0 Å². The molecule has 1 amide bonds. The molecule has 192 valence electrons. The number of rotatable bonds is 11. The van der Waals surface area contributed by atoms with Gasteiger partial charge >= 0.3 is 5.97 Å². The molecule has 10 heteroatoms. The molecule has 0 radical (unpaired) electrons. The number of aromatic amines is 1. The summed E-state index contributed by atoms with van der Waals surface area (Å²) in [7, 11) is 3.31. The lowest BCUT2D eigenvalue weighted by atomic mass is 9.90. The van der Waals surface area contributed by atoms with E-state index in [1.165, 1.54) is 7.05 Å². The van der Waals surface area contributed by atoms with Crippen LogP contribution >= 0.6 is 0 Å². The molecule has 0 saturated heterocycles. The fraction of sp³-hybridized carbons (Fsp3) is 0.600. The van der Waals surface area contributed by atoms with Crippen molar-refractivity contribution < 1.29 is 19.4 Å². The molecule has 1 saturated carbocycles. The number of carbonyl (C=O) groups excluding carboxylic acids is 1. The second kappa shape index (κ2) is 12.0. The predicted octanol–water partition coefficient (Wildman–Crippen LogP) is 3.91. The molecule has 1 heterocycles. The first-order valence-corrected chi connectivity index (χ1v) is 12.3. The largest absolute Gasteiger partial charge is 0.481 e. The third-order valence-electron chi connectivity index (χ3n) is 6.53. The zero-order chi connectivity index (χ0) is 25.5. The van der Waals surface area contributed by atoms with Crippen LogP contribution in [-0.4, -0.2) is 65.0 Å². The Bertz CT molecular complexity index is 1000. The van der Waals surface area contributed by atoms with Crippen LogP contribution in [0.15, 0.2) is 18.2 Å². The van der Waals surface area contributed by atoms with E-state index in [1.807, 2.05) is 19.1 Å². The molecule has 3 rings (SSSR count). The highest BCUT2D eigenvalue weighted by Crippen LogP contribution is 2.37. The van der Waals surface area contributed by atoms with E-state index in [4.69, 9.17) is 4.74 Å². The van der Waals surface area contributed by atoms with Gasteiger partial charge in [0.1, 0.15) is 0 Å². The van der Waals surface area contributed by atoms with Gasteiger partial charge in [0.15, 0.2) is 0 Å². The molecule has 1 aliphatic rings. The predicted molar refractivity (Wildman–Crippen MR) is 135 cm³/mol. The number of nitrogens with one attached hydrogen (secondary N) is 3. The number of ether oxygens (including phenoxy) is 1. The van der Waals surface area contributed by atoms with Crippen molar-refractivity contribution in [3.8, 4) is 0 Å². The molecule has 0 spiro atoms. The maximum Gasteiger partial charge on any atom is 0.303 e. The monoisotopic (exact) mass is 486 g/mol. The second-order valence-electron chi connectivity index (χ2n) is 9.70. The summed E-state index contributed by atoms with van der Waals surface area (Å²) in [5.41, 5.74) is 2.71. The van der Waals surface area contributed by atoms with Crippen LogP contribution in [0.1, 0.15) is 75.0 Å². The van der Waals surface area contributed by atoms with Gasteiger partial charge in [-0.3, -0.25) is 14.7 Å². The van der Waals surface area contributed by atoms with E-state index in [-0.39, 0.29) is 30.0 Å². The number of methoxy groups -OCH3 is 1. The van der Waals surface area contributed by atoms with Crippen molar-refractivity contribution in [2.24, 2.45) is 5.92 Å². The number of hydrogen-bond donors (Lipinski definition) is 4. The van der Waals surface area contributed by atoms with Crippen molar-refractivity contribution in [1.82, 2.24) is 20.5 Å². The van der Waals surface area contributed by atoms with Crippen LogP contribution in [0.2, 0.25) is 0 Å². The van der Waals surface area contributed by atoms with Crippen LogP contribution in [0.5, 0.6) is 0 Å². The van der Waals surface area contributed by atoms with Crippen molar-refractivity contribution >= 4 is 29.2 Å². The van der Waals surface area contributed by atoms with Gasteiger partial charge in [-0.05, 0) is 55.2 Å². The van der Waals surface area contributed by atoms with Crippen LogP contribution in [0.25, 0.3) is 0 Å². The van der Waals surface area contributed by atoms with Crippen molar-refractivity contribution in [3.05, 3.63) is 29.6 Å². The molecule has 4 N–H and O–H groups in total. The number of hydrogen-bond acceptors (Lipinski definition) is 7. The summed E-state index contributed by atoms with van der Waals surface area (Å²) >= 11 is 0. The quantitative estimate of drug-likeness (QED) is 0.376. The van der Waals surface area contributed by atoms with E-state index in [0.29, 0.717) is 18.1 Å². The normalized spacial score (nSPS) is 18.8. The lowest BCUT2D eigenvalue weighted by Gasteiger charge is -2.40. The molecular formula is C25H38N6O4. The molecule has 1 aliphatic carbocycles. The highest BCUT2D eigenvalue weighted by atomic mass is 16.5. The number of anilines is 3. The lowest BCUT2D eigenvalue weighted by molar-refractivity contribution is -0.137. The van der Waals surface area contributed by atoms with Gasteiger partial charge < -0.3 is 25.4 Å². The summed E-state index contributed by atoms with van der Waals surface area (Å²) in [5, 5.41) is 21.9. The molecule has 35 heavy (non-hydrogen) atoms. The Morgan fingerprint density at radius 3 is 2.54 bits per heavy atom. The number of carboxylic acid groups (broad SMARTS) is 1. The fourth-order valence-electron chi connectivity index (χ4n) is 4.68. The van der Waals surface area contributed by atoms with E-state index < -0.39 is 5.97 Å². The molecule has 0 bridgehead atoms. The highest BCUT2D eigenvalue weighted by molar-refractivity contribution is 5.90. The molecule has 0 aliphatic heterocycles. The number of amides is 1. The fourth-order valence-corrected chi connectivity index (χ4v) is 4.68. The maximum absolute atomic E-state index is 11.9. The minimum atomic E-state index is -0.836. The van der Waals surface area contributed by atoms with Gasteiger partial charge in [0.2, 0.25) is 11.8 Å². The summed E-state index contributed by atoms with van der Waals surface area (Å²) in [6.07, 6.45) is 4.44. The molecule has 1 aromatic heterocycles.